The highest BCUT2D eigenvalue weighted by atomic mass is 32.2. The van der Waals surface area contributed by atoms with Gasteiger partial charge in [-0.3, -0.25) is 14.8 Å². The molecule has 1 fully saturated rings. The number of benzene rings is 1. The van der Waals surface area contributed by atoms with Gasteiger partial charge in [-0.1, -0.05) is 12.8 Å². The third-order valence-corrected chi connectivity index (χ3v) is 7.02. The molecule has 0 aliphatic heterocycles. The van der Waals surface area contributed by atoms with Crippen LogP contribution in [0.1, 0.15) is 25.7 Å². The number of nitro groups is 1. The van der Waals surface area contributed by atoms with Crippen LogP contribution in [0.25, 0.3) is 0 Å². The van der Waals surface area contributed by atoms with Gasteiger partial charge < -0.3 is 10.2 Å². The Bertz CT molecular complexity index is 931. The van der Waals surface area contributed by atoms with Gasteiger partial charge in [0.05, 0.1) is 9.82 Å². The van der Waals surface area contributed by atoms with E-state index < -0.39 is 14.9 Å². The summed E-state index contributed by atoms with van der Waals surface area (Å²) in [6, 6.07) is 4.27. The Morgan fingerprint density at radius 2 is 2.04 bits per heavy atom. The van der Waals surface area contributed by atoms with E-state index in [1.165, 1.54) is 18.3 Å². The number of nitrogens with one attached hydrogen (secondary N) is 2. The Kier molecular flexibility index (Phi) is 6.16. The molecule has 0 amide bonds. The summed E-state index contributed by atoms with van der Waals surface area (Å²) < 4.78 is 27.4. The first-order valence-corrected chi connectivity index (χ1v) is 11.3. The number of hydrogen-bond acceptors (Lipinski definition) is 8. The van der Waals surface area contributed by atoms with Crippen molar-refractivity contribution in [2.75, 3.05) is 24.1 Å². The smallest absolute Gasteiger partial charge is 0.293 e. The van der Waals surface area contributed by atoms with Gasteiger partial charge in [-0.05, 0) is 39.1 Å². The minimum absolute atomic E-state index is 0.0679. The number of aromatic nitrogens is 1. The molecule has 11 heteroatoms. The molecule has 1 saturated carbocycles. The Hall–Kier alpha value is -2.24. The minimum atomic E-state index is -3.96. The molecule has 28 heavy (non-hydrogen) atoms. The van der Waals surface area contributed by atoms with Crippen LogP contribution >= 0.6 is 11.3 Å². The molecule has 2 atom stereocenters. The Balaban J connectivity index is 1.88. The molecule has 9 nitrogen and oxygen atoms in total. The first kappa shape index (κ1) is 20.5. The van der Waals surface area contributed by atoms with Gasteiger partial charge in [0.25, 0.3) is 15.7 Å². The molecule has 1 aliphatic rings. The van der Waals surface area contributed by atoms with Crippen molar-refractivity contribution >= 4 is 37.9 Å². The molecule has 2 aromatic rings. The molecule has 0 bridgehead atoms. The zero-order valence-corrected chi connectivity index (χ0v) is 17.3. The lowest BCUT2D eigenvalue weighted by Gasteiger charge is -2.37. The van der Waals surface area contributed by atoms with Gasteiger partial charge in [-0.25, -0.2) is 13.4 Å². The summed E-state index contributed by atoms with van der Waals surface area (Å²) in [6.45, 7) is 0. The maximum atomic E-state index is 12.5. The fourth-order valence-electron chi connectivity index (χ4n) is 3.50. The Labute approximate surface area is 168 Å². The van der Waals surface area contributed by atoms with Gasteiger partial charge in [0.2, 0.25) is 0 Å². The number of nitro benzene ring substituents is 1. The second-order valence-corrected chi connectivity index (χ2v) is 9.52. The molecule has 0 radical (unpaired) electrons. The normalized spacial score (nSPS) is 20.1. The van der Waals surface area contributed by atoms with E-state index in [1.54, 1.807) is 5.38 Å². The SMILES string of the molecule is CN(C)[C@H]1CCCC[C@@H]1Nc1ccc(S(=O)(=O)Nc2nccs2)cc1[N+](=O)[O-]. The van der Waals surface area contributed by atoms with Crippen molar-refractivity contribution in [3.8, 4) is 0 Å². The highest BCUT2D eigenvalue weighted by Gasteiger charge is 2.29. The maximum absolute atomic E-state index is 12.5. The van der Waals surface area contributed by atoms with Crippen LogP contribution in [-0.2, 0) is 10.0 Å². The summed E-state index contributed by atoms with van der Waals surface area (Å²) in [5.41, 5.74) is 0.0713. The minimum Gasteiger partial charge on any atom is -0.375 e. The van der Waals surface area contributed by atoms with Gasteiger partial charge in [-0.2, -0.15) is 0 Å². The van der Waals surface area contributed by atoms with Gasteiger partial charge >= 0.3 is 0 Å². The number of nitrogens with zero attached hydrogens (tertiary/aromatic N) is 3. The average molecular weight is 426 g/mol. The monoisotopic (exact) mass is 425 g/mol. The third kappa shape index (κ3) is 4.59. The van der Waals surface area contributed by atoms with E-state index in [0.717, 1.165) is 43.1 Å². The number of likely N-dealkylation sites (N-methyl/N-ethyl adjacent to an activating group) is 1. The number of sulfonamides is 1. The van der Waals surface area contributed by atoms with E-state index in [4.69, 9.17) is 0 Å². The molecular formula is C17H23N5O4S2. The molecule has 152 valence electrons. The lowest BCUT2D eigenvalue weighted by atomic mass is 9.89. The topological polar surface area (TPSA) is 117 Å². The van der Waals surface area contributed by atoms with Gasteiger partial charge in [0.1, 0.15) is 5.69 Å². The molecule has 1 heterocycles. The van der Waals surface area contributed by atoms with E-state index in [-0.39, 0.29) is 27.8 Å². The quantitative estimate of drug-likeness (QED) is 0.517. The van der Waals surface area contributed by atoms with E-state index in [9.17, 15) is 18.5 Å². The molecule has 3 rings (SSSR count). The van der Waals surface area contributed by atoms with E-state index in [2.05, 4.69) is 19.9 Å². The van der Waals surface area contributed by atoms with Crippen LogP contribution in [0.2, 0.25) is 0 Å². The fraction of sp³-hybridized carbons (Fsp3) is 0.471. The summed E-state index contributed by atoms with van der Waals surface area (Å²) in [5.74, 6) is 0. The second kappa shape index (κ2) is 8.41. The molecule has 1 aromatic heterocycles. The van der Waals surface area contributed by atoms with Crippen LogP contribution in [0.5, 0.6) is 0 Å². The summed E-state index contributed by atoms with van der Waals surface area (Å²) in [6.07, 6.45) is 5.58. The summed E-state index contributed by atoms with van der Waals surface area (Å²) in [7, 11) is 0.0422. The molecule has 0 unspecified atom stereocenters. The number of hydrogen-bond donors (Lipinski definition) is 2. The maximum Gasteiger partial charge on any atom is 0.293 e. The van der Waals surface area contributed by atoms with Crippen molar-refractivity contribution in [3.63, 3.8) is 0 Å². The molecule has 1 aliphatic carbocycles. The predicted molar refractivity (Wildman–Crippen MR) is 109 cm³/mol. The van der Waals surface area contributed by atoms with Crippen LogP contribution in [-0.4, -0.2) is 49.4 Å². The van der Waals surface area contributed by atoms with Crippen LogP contribution in [0.4, 0.5) is 16.5 Å². The molecule has 0 saturated heterocycles. The van der Waals surface area contributed by atoms with Crippen molar-refractivity contribution < 1.29 is 13.3 Å². The predicted octanol–water partition coefficient (Wildman–Crippen LogP) is 3.14. The van der Waals surface area contributed by atoms with Gasteiger partial charge in [-0.15, -0.1) is 11.3 Å². The standard InChI is InChI=1S/C17H23N5O4S2/c1-21(2)15-6-4-3-5-13(15)19-14-8-7-12(11-16(14)22(23)24)28(25,26)20-17-18-9-10-27-17/h7-11,13,15,19H,3-6H2,1-2H3,(H,18,20)/t13-,15-/m0/s1. The van der Waals surface area contributed by atoms with E-state index >= 15 is 0 Å². The summed E-state index contributed by atoms with van der Waals surface area (Å²) in [5, 5.41) is 16.7. The zero-order chi connectivity index (χ0) is 20.3. The average Bonchev–Trinajstić information content (AvgIpc) is 3.14. The van der Waals surface area contributed by atoms with Gasteiger partial charge in [0, 0.05) is 29.7 Å². The number of anilines is 2. The lowest BCUT2D eigenvalue weighted by Crippen LogP contribution is -2.45. The van der Waals surface area contributed by atoms with E-state index in [1.807, 2.05) is 14.1 Å². The highest BCUT2D eigenvalue weighted by molar-refractivity contribution is 7.93. The van der Waals surface area contributed by atoms with E-state index in [0.29, 0.717) is 5.69 Å². The van der Waals surface area contributed by atoms with Crippen molar-refractivity contribution in [3.05, 3.63) is 39.9 Å². The number of rotatable bonds is 7. The first-order chi connectivity index (χ1) is 13.3. The Morgan fingerprint density at radius 1 is 1.29 bits per heavy atom. The molecule has 1 aromatic carbocycles. The van der Waals surface area contributed by atoms with Crippen molar-refractivity contribution in [2.45, 2.75) is 42.7 Å². The number of thiazole rings is 1. The molecular weight excluding hydrogens is 402 g/mol. The molecule has 2 N–H and O–H groups in total. The van der Waals surface area contributed by atoms with Crippen molar-refractivity contribution in [1.29, 1.82) is 0 Å². The molecule has 0 spiro atoms. The van der Waals surface area contributed by atoms with Crippen LogP contribution in [0.15, 0.2) is 34.7 Å². The summed E-state index contributed by atoms with van der Waals surface area (Å²) >= 11 is 1.13. The van der Waals surface area contributed by atoms with Crippen LogP contribution < -0.4 is 10.0 Å². The second-order valence-electron chi connectivity index (χ2n) is 6.95. The lowest BCUT2D eigenvalue weighted by molar-refractivity contribution is -0.384. The van der Waals surface area contributed by atoms with Crippen LogP contribution in [0, 0.1) is 10.1 Å². The largest absolute Gasteiger partial charge is 0.375 e. The van der Waals surface area contributed by atoms with Crippen molar-refractivity contribution in [1.82, 2.24) is 9.88 Å². The third-order valence-electron chi connectivity index (χ3n) is 4.86. The first-order valence-electron chi connectivity index (χ1n) is 8.91. The zero-order valence-electron chi connectivity index (χ0n) is 15.7. The fourth-order valence-corrected chi connectivity index (χ4v) is 5.31. The van der Waals surface area contributed by atoms with Crippen molar-refractivity contribution in [2.24, 2.45) is 0 Å². The Morgan fingerprint density at radius 3 is 2.68 bits per heavy atom. The summed E-state index contributed by atoms with van der Waals surface area (Å²) in [4.78, 5) is 16.9. The van der Waals surface area contributed by atoms with Gasteiger partial charge in [0.15, 0.2) is 5.13 Å². The highest BCUT2D eigenvalue weighted by Crippen LogP contribution is 2.32. The van der Waals surface area contributed by atoms with Crippen LogP contribution in [0.3, 0.4) is 0 Å².